The Morgan fingerprint density at radius 3 is 2.53 bits per heavy atom. The quantitative estimate of drug-likeness (QED) is 0.747. The van der Waals surface area contributed by atoms with Crippen LogP contribution in [0.15, 0.2) is 54.1 Å². The zero-order valence-electron chi connectivity index (χ0n) is 11.4. The second-order valence-corrected chi connectivity index (χ2v) is 4.88. The first-order chi connectivity index (χ1) is 9.33. The molecule has 1 aliphatic carbocycles. The smallest absolute Gasteiger partial charge is 0.126 e. The first kappa shape index (κ1) is 12.0. The summed E-state index contributed by atoms with van der Waals surface area (Å²) in [5.41, 5.74) is 4.16. The molecule has 0 fully saturated rings. The molecule has 96 valence electrons. The number of rotatable bonds is 3. The number of benzene rings is 2. The Kier molecular flexibility index (Phi) is 3.12. The summed E-state index contributed by atoms with van der Waals surface area (Å²) in [6.07, 6.45) is 6.88. The summed E-state index contributed by atoms with van der Waals surface area (Å²) in [5.74, 6) is 0.942. The van der Waals surface area contributed by atoms with Crippen LogP contribution in [0.4, 0.5) is 0 Å². The molecule has 0 unspecified atom stereocenters. The Labute approximate surface area is 114 Å². The van der Waals surface area contributed by atoms with Crippen LogP contribution in [0, 0.1) is 0 Å². The van der Waals surface area contributed by atoms with Crippen molar-refractivity contribution in [3.63, 3.8) is 0 Å². The number of fused-ring (bicyclic) bond motifs is 1. The number of allylic oxidation sites excluding steroid dienone is 4. The fourth-order valence-electron chi connectivity index (χ4n) is 2.71. The van der Waals surface area contributed by atoms with Gasteiger partial charge in [0.15, 0.2) is 0 Å². The molecule has 0 radical (unpaired) electrons. The van der Waals surface area contributed by atoms with Gasteiger partial charge >= 0.3 is 0 Å². The Balaban J connectivity index is 2.18. The number of hydrogen-bond donors (Lipinski definition) is 0. The van der Waals surface area contributed by atoms with Crippen LogP contribution in [-0.4, -0.2) is 7.11 Å². The Bertz CT molecular complexity index is 677. The van der Waals surface area contributed by atoms with Gasteiger partial charge in [0.25, 0.3) is 0 Å². The van der Waals surface area contributed by atoms with Crippen molar-refractivity contribution in [2.24, 2.45) is 0 Å². The molecule has 2 aromatic rings. The van der Waals surface area contributed by atoms with E-state index in [9.17, 15) is 0 Å². The number of hydrogen-bond acceptors (Lipinski definition) is 1. The summed E-state index contributed by atoms with van der Waals surface area (Å²) in [4.78, 5) is 0. The van der Waals surface area contributed by atoms with E-state index in [1.54, 1.807) is 7.11 Å². The van der Waals surface area contributed by atoms with Crippen molar-refractivity contribution in [2.45, 2.75) is 19.8 Å². The van der Waals surface area contributed by atoms with Gasteiger partial charge in [-0.25, -0.2) is 0 Å². The molecule has 0 saturated heterocycles. The maximum atomic E-state index is 5.45. The van der Waals surface area contributed by atoms with Gasteiger partial charge in [-0.15, -0.1) is 0 Å². The van der Waals surface area contributed by atoms with Crippen molar-refractivity contribution in [3.8, 4) is 5.75 Å². The molecule has 0 aliphatic heterocycles. The average molecular weight is 250 g/mol. The van der Waals surface area contributed by atoms with Gasteiger partial charge in [0.1, 0.15) is 5.75 Å². The van der Waals surface area contributed by atoms with Gasteiger partial charge in [-0.2, -0.15) is 0 Å². The van der Waals surface area contributed by atoms with Crippen molar-refractivity contribution < 1.29 is 4.74 Å². The lowest BCUT2D eigenvalue weighted by Crippen LogP contribution is -1.88. The Morgan fingerprint density at radius 2 is 1.84 bits per heavy atom. The SMILES string of the molecule is CCC1=CC(c2ccc(OC)c3ccccc23)=CC1. The predicted molar refractivity (Wildman–Crippen MR) is 81.5 cm³/mol. The molecule has 0 saturated carbocycles. The minimum Gasteiger partial charge on any atom is -0.496 e. The minimum absolute atomic E-state index is 0.942. The third-order valence-corrected chi connectivity index (χ3v) is 3.81. The van der Waals surface area contributed by atoms with Gasteiger partial charge < -0.3 is 4.74 Å². The second-order valence-electron chi connectivity index (χ2n) is 4.88. The monoisotopic (exact) mass is 250 g/mol. The van der Waals surface area contributed by atoms with Crippen LogP contribution < -0.4 is 4.74 Å². The average Bonchev–Trinajstić information content (AvgIpc) is 2.95. The molecule has 0 bridgehead atoms. The highest BCUT2D eigenvalue weighted by atomic mass is 16.5. The largest absolute Gasteiger partial charge is 0.496 e. The van der Waals surface area contributed by atoms with Crippen molar-refractivity contribution in [2.75, 3.05) is 7.11 Å². The third-order valence-electron chi connectivity index (χ3n) is 3.81. The fraction of sp³-hybridized carbons (Fsp3) is 0.222. The molecule has 0 N–H and O–H groups in total. The van der Waals surface area contributed by atoms with Gasteiger partial charge in [-0.05, 0) is 35.4 Å². The van der Waals surface area contributed by atoms with E-state index in [2.05, 4.69) is 55.5 Å². The van der Waals surface area contributed by atoms with E-state index in [0.29, 0.717) is 0 Å². The Hall–Kier alpha value is -2.02. The summed E-state index contributed by atoms with van der Waals surface area (Å²) in [5, 5.41) is 2.45. The highest BCUT2D eigenvalue weighted by Gasteiger charge is 2.12. The van der Waals surface area contributed by atoms with E-state index in [-0.39, 0.29) is 0 Å². The molecule has 0 aromatic heterocycles. The Morgan fingerprint density at radius 1 is 1.05 bits per heavy atom. The van der Waals surface area contributed by atoms with Gasteiger partial charge in [0.05, 0.1) is 7.11 Å². The summed E-state index contributed by atoms with van der Waals surface area (Å²) in [7, 11) is 1.73. The molecule has 2 aromatic carbocycles. The zero-order valence-corrected chi connectivity index (χ0v) is 11.4. The molecule has 1 nitrogen and oxygen atoms in total. The van der Waals surface area contributed by atoms with E-state index in [0.717, 1.165) is 18.6 Å². The fourth-order valence-corrected chi connectivity index (χ4v) is 2.71. The first-order valence-electron chi connectivity index (χ1n) is 6.79. The molecule has 1 aliphatic rings. The number of methoxy groups -OCH3 is 1. The molecule has 19 heavy (non-hydrogen) atoms. The third kappa shape index (κ3) is 2.06. The van der Waals surface area contributed by atoms with Crippen LogP contribution >= 0.6 is 0 Å². The highest BCUT2D eigenvalue weighted by Crippen LogP contribution is 2.35. The van der Waals surface area contributed by atoms with Crippen molar-refractivity contribution in [1.82, 2.24) is 0 Å². The summed E-state index contributed by atoms with van der Waals surface area (Å²) in [6.45, 7) is 2.22. The molecule has 0 atom stereocenters. The van der Waals surface area contributed by atoms with E-state index in [1.165, 1.54) is 27.5 Å². The minimum atomic E-state index is 0.942. The molecule has 0 amide bonds. The van der Waals surface area contributed by atoms with Crippen LogP contribution in [0.3, 0.4) is 0 Å². The highest BCUT2D eigenvalue weighted by molar-refractivity contribution is 5.99. The molecule has 0 spiro atoms. The predicted octanol–water partition coefficient (Wildman–Crippen LogP) is 4.97. The van der Waals surface area contributed by atoms with E-state index < -0.39 is 0 Å². The van der Waals surface area contributed by atoms with Crippen LogP contribution in [-0.2, 0) is 0 Å². The molecular formula is C18H18O. The lowest BCUT2D eigenvalue weighted by Gasteiger charge is -2.10. The zero-order chi connectivity index (χ0) is 13.2. The molecule has 0 heterocycles. The first-order valence-corrected chi connectivity index (χ1v) is 6.79. The van der Waals surface area contributed by atoms with E-state index >= 15 is 0 Å². The van der Waals surface area contributed by atoms with Gasteiger partial charge in [0.2, 0.25) is 0 Å². The van der Waals surface area contributed by atoms with E-state index in [4.69, 9.17) is 4.74 Å². The standard InChI is InChI=1S/C18H18O/c1-3-13-8-9-14(12-13)15-10-11-18(19-2)17-7-5-4-6-16(15)17/h4-7,9-12H,3,8H2,1-2H3. The van der Waals surface area contributed by atoms with Gasteiger partial charge in [-0.1, -0.05) is 55.0 Å². The van der Waals surface area contributed by atoms with Crippen LogP contribution in [0.2, 0.25) is 0 Å². The van der Waals surface area contributed by atoms with E-state index in [1.807, 2.05) is 0 Å². The summed E-state index contributed by atoms with van der Waals surface area (Å²) < 4.78 is 5.45. The van der Waals surface area contributed by atoms with Crippen LogP contribution in [0.25, 0.3) is 16.3 Å². The van der Waals surface area contributed by atoms with Crippen molar-refractivity contribution in [1.29, 1.82) is 0 Å². The maximum Gasteiger partial charge on any atom is 0.126 e. The summed E-state index contributed by atoms with van der Waals surface area (Å²) in [6, 6.07) is 12.7. The topological polar surface area (TPSA) is 9.23 Å². The lowest BCUT2D eigenvalue weighted by molar-refractivity contribution is 0.420. The summed E-state index contributed by atoms with van der Waals surface area (Å²) >= 11 is 0. The van der Waals surface area contributed by atoms with Crippen molar-refractivity contribution >= 4 is 16.3 Å². The van der Waals surface area contributed by atoms with Gasteiger partial charge in [-0.3, -0.25) is 0 Å². The normalized spacial score (nSPS) is 14.4. The second kappa shape index (κ2) is 4.93. The number of ether oxygens (including phenoxy) is 1. The maximum absolute atomic E-state index is 5.45. The van der Waals surface area contributed by atoms with Crippen LogP contribution in [0.5, 0.6) is 5.75 Å². The molecule has 1 heteroatoms. The molecule has 3 rings (SSSR count). The van der Waals surface area contributed by atoms with Gasteiger partial charge in [0, 0.05) is 5.39 Å². The molecular weight excluding hydrogens is 232 g/mol. The lowest BCUT2D eigenvalue weighted by atomic mass is 9.98. The van der Waals surface area contributed by atoms with Crippen LogP contribution in [0.1, 0.15) is 25.3 Å². The van der Waals surface area contributed by atoms with Crippen molar-refractivity contribution in [3.05, 3.63) is 59.7 Å².